The molecule has 0 saturated carbocycles. The van der Waals surface area contributed by atoms with Crippen LogP contribution in [-0.4, -0.2) is 45.1 Å². The number of aromatic nitrogens is 2. The minimum Gasteiger partial charge on any atom is -0.479 e. The summed E-state index contributed by atoms with van der Waals surface area (Å²) in [6.45, 7) is 0. The molecule has 0 saturated heterocycles. The second kappa shape index (κ2) is 4.67. The second-order valence-electron chi connectivity index (χ2n) is 3.07. The van der Waals surface area contributed by atoms with Crippen LogP contribution in [0.2, 0.25) is 0 Å². The smallest absolute Gasteiger partial charge is 0.348 e. The van der Waals surface area contributed by atoms with Gasteiger partial charge in [0.1, 0.15) is 0 Å². The van der Waals surface area contributed by atoms with E-state index < -0.39 is 17.5 Å². The fourth-order valence-corrected chi connectivity index (χ4v) is 1.20. The van der Waals surface area contributed by atoms with Crippen molar-refractivity contribution in [2.24, 2.45) is 0 Å². The Bertz CT molecular complexity index is 378. The van der Waals surface area contributed by atoms with E-state index in [0.29, 0.717) is 5.56 Å². The number of nitrogens with zero attached hydrogens (tertiary/aromatic N) is 2. The molecule has 1 rings (SSSR count). The van der Waals surface area contributed by atoms with Gasteiger partial charge in [-0.25, -0.2) is 9.59 Å². The van der Waals surface area contributed by atoms with Gasteiger partial charge in [0, 0.05) is 19.7 Å². The molecule has 0 unspecified atom stereocenters. The number of methoxy groups -OCH3 is 1. The van der Waals surface area contributed by atoms with E-state index in [4.69, 9.17) is 10.2 Å². The van der Waals surface area contributed by atoms with Gasteiger partial charge in [-0.15, -0.1) is 0 Å². The summed E-state index contributed by atoms with van der Waals surface area (Å²) >= 11 is 0. The van der Waals surface area contributed by atoms with Crippen molar-refractivity contribution in [2.75, 3.05) is 7.11 Å². The predicted octanol–water partition coefficient (Wildman–Crippen LogP) is -0.426. The van der Waals surface area contributed by atoms with Crippen LogP contribution in [0, 0.1) is 0 Å². The third-order valence-electron chi connectivity index (χ3n) is 2.14. The summed E-state index contributed by atoms with van der Waals surface area (Å²) < 4.78 is 4.62. The van der Waals surface area contributed by atoms with Gasteiger partial charge in [-0.05, 0) is 11.6 Å². The minimum absolute atomic E-state index is 0.316. The van der Waals surface area contributed by atoms with Crippen molar-refractivity contribution < 1.29 is 24.5 Å². The molecule has 0 radical (unpaired) electrons. The van der Waals surface area contributed by atoms with Gasteiger partial charge in [-0.1, -0.05) is 0 Å². The van der Waals surface area contributed by atoms with E-state index in [1.165, 1.54) is 18.5 Å². The molecular formula is C9H10N2O5. The maximum Gasteiger partial charge on any atom is 0.348 e. The van der Waals surface area contributed by atoms with Crippen molar-refractivity contribution in [1.82, 2.24) is 10.2 Å². The summed E-state index contributed by atoms with van der Waals surface area (Å²) in [6.07, 6.45) is 2.32. The maximum absolute atomic E-state index is 11.0. The number of rotatable bonds is 5. The first-order chi connectivity index (χ1) is 7.53. The Kier molecular flexibility index (Phi) is 3.51. The zero-order chi connectivity index (χ0) is 12.2. The van der Waals surface area contributed by atoms with Gasteiger partial charge >= 0.3 is 11.9 Å². The molecule has 0 aliphatic carbocycles. The molecule has 1 heterocycles. The zero-order valence-electron chi connectivity index (χ0n) is 8.45. The molecule has 16 heavy (non-hydrogen) atoms. The summed E-state index contributed by atoms with van der Waals surface area (Å²) in [7, 11) is 1.04. The van der Waals surface area contributed by atoms with Crippen molar-refractivity contribution in [1.29, 1.82) is 0 Å². The zero-order valence-corrected chi connectivity index (χ0v) is 8.45. The van der Waals surface area contributed by atoms with Crippen LogP contribution in [0.4, 0.5) is 0 Å². The average Bonchev–Trinajstić information content (AvgIpc) is 2.26. The second-order valence-corrected chi connectivity index (χ2v) is 3.07. The van der Waals surface area contributed by atoms with E-state index in [1.54, 1.807) is 0 Å². The highest BCUT2D eigenvalue weighted by atomic mass is 16.5. The Labute approximate surface area is 90.7 Å². The van der Waals surface area contributed by atoms with Crippen molar-refractivity contribution in [2.45, 2.75) is 12.0 Å². The summed E-state index contributed by atoms with van der Waals surface area (Å²) in [5, 5.41) is 24.9. The SMILES string of the molecule is COC(Cc1ccnnc1)(C(=O)O)C(=O)O. The molecule has 0 fully saturated rings. The standard InChI is InChI=1S/C9H10N2O5/c1-16-9(7(12)13,8(14)15)4-6-2-3-10-11-5-6/h2-3,5H,4H2,1H3,(H,12,13)(H,14,15). The van der Waals surface area contributed by atoms with Crippen molar-refractivity contribution in [3.8, 4) is 0 Å². The first-order valence-corrected chi connectivity index (χ1v) is 4.30. The molecule has 0 bridgehead atoms. The van der Waals surface area contributed by atoms with Crippen LogP contribution in [0.25, 0.3) is 0 Å². The predicted molar refractivity (Wildman–Crippen MR) is 50.7 cm³/mol. The highest BCUT2D eigenvalue weighted by Gasteiger charge is 2.47. The van der Waals surface area contributed by atoms with E-state index in [9.17, 15) is 9.59 Å². The molecule has 0 aromatic carbocycles. The quantitative estimate of drug-likeness (QED) is 0.655. The number of hydrogen-bond donors (Lipinski definition) is 2. The highest BCUT2D eigenvalue weighted by molar-refractivity contribution is 6.02. The fraction of sp³-hybridized carbons (Fsp3) is 0.333. The van der Waals surface area contributed by atoms with Crippen LogP contribution in [0.1, 0.15) is 5.56 Å². The number of carboxylic acid groups (broad SMARTS) is 2. The Morgan fingerprint density at radius 3 is 2.38 bits per heavy atom. The molecule has 1 aromatic rings. The van der Waals surface area contributed by atoms with Crippen LogP contribution < -0.4 is 0 Å². The van der Waals surface area contributed by atoms with Crippen molar-refractivity contribution >= 4 is 11.9 Å². The van der Waals surface area contributed by atoms with E-state index >= 15 is 0 Å². The normalized spacial score (nSPS) is 11.1. The van der Waals surface area contributed by atoms with E-state index in [2.05, 4.69) is 14.9 Å². The molecule has 0 aliphatic rings. The van der Waals surface area contributed by atoms with Gasteiger partial charge in [-0.2, -0.15) is 10.2 Å². The van der Waals surface area contributed by atoms with Crippen LogP contribution in [0.15, 0.2) is 18.5 Å². The van der Waals surface area contributed by atoms with Crippen LogP contribution in [0.5, 0.6) is 0 Å². The molecule has 0 aliphatic heterocycles. The van der Waals surface area contributed by atoms with Gasteiger partial charge in [0.2, 0.25) is 0 Å². The molecule has 7 heteroatoms. The van der Waals surface area contributed by atoms with Gasteiger partial charge in [-0.3, -0.25) is 0 Å². The molecule has 2 N–H and O–H groups in total. The number of ether oxygens (including phenoxy) is 1. The molecule has 0 spiro atoms. The third kappa shape index (κ3) is 2.14. The fourth-order valence-electron chi connectivity index (χ4n) is 1.20. The molecule has 7 nitrogen and oxygen atoms in total. The first-order valence-electron chi connectivity index (χ1n) is 4.30. The van der Waals surface area contributed by atoms with Gasteiger partial charge in [0.25, 0.3) is 5.60 Å². The Balaban J connectivity index is 3.04. The number of carboxylic acids is 2. The lowest BCUT2D eigenvalue weighted by molar-refractivity contribution is -0.179. The average molecular weight is 226 g/mol. The van der Waals surface area contributed by atoms with Crippen molar-refractivity contribution in [3.63, 3.8) is 0 Å². The lowest BCUT2D eigenvalue weighted by atomic mass is 9.95. The van der Waals surface area contributed by atoms with E-state index in [1.807, 2.05) is 0 Å². The van der Waals surface area contributed by atoms with Crippen molar-refractivity contribution in [3.05, 3.63) is 24.0 Å². The maximum atomic E-state index is 11.0. The summed E-state index contributed by atoms with van der Waals surface area (Å²) in [6, 6.07) is 1.48. The monoisotopic (exact) mass is 226 g/mol. The van der Waals surface area contributed by atoms with E-state index in [0.717, 1.165) is 7.11 Å². The van der Waals surface area contributed by atoms with Crippen LogP contribution >= 0.6 is 0 Å². The number of carbonyl (C=O) groups is 2. The van der Waals surface area contributed by atoms with Gasteiger partial charge in [0.15, 0.2) is 0 Å². The molecule has 0 amide bonds. The Morgan fingerprint density at radius 1 is 1.38 bits per heavy atom. The minimum atomic E-state index is -2.29. The summed E-state index contributed by atoms with van der Waals surface area (Å²) in [4.78, 5) is 21.9. The summed E-state index contributed by atoms with van der Waals surface area (Å²) in [5.41, 5.74) is -1.87. The lowest BCUT2D eigenvalue weighted by Gasteiger charge is -2.22. The van der Waals surface area contributed by atoms with Crippen LogP contribution in [-0.2, 0) is 20.7 Å². The molecular weight excluding hydrogens is 216 g/mol. The highest BCUT2D eigenvalue weighted by Crippen LogP contribution is 2.17. The number of aliphatic carboxylic acids is 2. The van der Waals surface area contributed by atoms with Gasteiger partial charge in [0.05, 0.1) is 6.20 Å². The third-order valence-corrected chi connectivity index (χ3v) is 2.14. The summed E-state index contributed by atoms with van der Waals surface area (Å²) in [5.74, 6) is -3.11. The number of hydrogen-bond acceptors (Lipinski definition) is 5. The molecule has 1 aromatic heterocycles. The first kappa shape index (κ1) is 12.1. The lowest BCUT2D eigenvalue weighted by Crippen LogP contribution is -2.50. The van der Waals surface area contributed by atoms with Gasteiger partial charge < -0.3 is 14.9 Å². The van der Waals surface area contributed by atoms with E-state index in [-0.39, 0.29) is 6.42 Å². The molecule has 86 valence electrons. The van der Waals surface area contributed by atoms with Crippen LogP contribution in [0.3, 0.4) is 0 Å². The topological polar surface area (TPSA) is 110 Å². The Hall–Kier alpha value is -2.02. The largest absolute Gasteiger partial charge is 0.479 e. The Morgan fingerprint density at radius 2 is 2.00 bits per heavy atom. The molecule has 0 atom stereocenters.